The molecule has 2 heterocycles. The number of aromatic nitrogens is 3. The third kappa shape index (κ3) is 4.56. The Hall–Kier alpha value is -1.89. The molecule has 0 aromatic carbocycles. The van der Waals surface area contributed by atoms with E-state index in [1.54, 1.807) is 24.7 Å². The van der Waals surface area contributed by atoms with Gasteiger partial charge in [-0.05, 0) is 11.4 Å². The predicted molar refractivity (Wildman–Crippen MR) is 91.5 cm³/mol. The van der Waals surface area contributed by atoms with E-state index in [-0.39, 0.29) is 0 Å². The van der Waals surface area contributed by atoms with Crippen LogP contribution in [0.15, 0.2) is 28.8 Å². The van der Waals surface area contributed by atoms with Crippen LogP contribution >= 0.6 is 11.3 Å². The van der Waals surface area contributed by atoms with Crippen LogP contribution in [-0.4, -0.2) is 40.9 Å². The Labute approximate surface area is 135 Å². The summed E-state index contributed by atoms with van der Waals surface area (Å²) in [6, 6.07) is 4.26. The number of guanidine groups is 1. The number of thiophene rings is 1. The molecule has 0 aliphatic heterocycles. The summed E-state index contributed by atoms with van der Waals surface area (Å²) in [5.74, 6) is 2.31. The molecule has 0 saturated carbocycles. The molecule has 1 atom stereocenters. The van der Waals surface area contributed by atoms with E-state index in [0.29, 0.717) is 5.92 Å². The summed E-state index contributed by atoms with van der Waals surface area (Å²) in [6.07, 6.45) is 2.67. The average Bonchev–Trinajstić information content (AvgIpc) is 3.21. The Kier molecular flexibility index (Phi) is 6.39. The van der Waals surface area contributed by atoms with Gasteiger partial charge in [0, 0.05) is 43.9 Å². The normalized spacial score (nSPS) is 13.1. The van der Waals surface area contributed by atoms with Crippen molar-refractivity contribution in [3.8, 4) is 0 Å². The first kappa shape index (κ1) is 16.5. The predicted octanol–water partition coefficient (Wildman–Crippen LogP) is 1.87. The Bertz CT molecular complexity index is 575. The van der Waals surface area contributed by atoms with Gasteiger partial charge < -0.3 is 15.2 Å². The standard InChI is InChI=1S/C15H24N6S/c1-4-14-20-19-11-21(14)8-7-17-15(16-3)18-10-12(2)13-6-5-9-22-13/h5-6,9,11-12H,4,7-8,10H2,1-3H3,(H2,16,17,18). The largest absolute Gasteiger partial charge is 0.356 e. The van der Waals surface area contributed by atoms with Crippen LogP contribution < -0.4 is 10.6 Å². The van der Waals surface area contributed by atoms with Crippen LogP contribution in [0.1, 0.15) is 30.5 Å². The molecule has 7 heteroatoms. The van der Waals surface area contributed by atoms with E-state index in [0.717, 1.165) is 37.8 Å². The van der Waals surface area contributed by atoms with Gasteiger partial charge in [-0.15, -0.1) is 21.5 Å². The fraction of sp³-hybridized carbons (Fsp3) is 0.533. The zero-order valence-corrected chi connectivity index (χ0v) is 14.2. The van der Waals surface area contributed by atoms with Gasteiger partial charge in [0.1, 0.15) is 12.2 Å². The molecule has 2 aromatic rings. The maximum absolute atomic E-state index is 4.26. The van der Waals surface area contributed by atoms with E-state index in [2.05, 4.69) is 61.8 Å². The van der Waals surface area contributed by atoms with Crippen molar-refractivity contribution in [3.63, 3.8) is 0 Å². The summed E-state index contributed by atoms with van der Waals surface area (Å²) in [6.45, 7) is 6.79. The minimum Gasteiger partial charge on any atom is -0.356 e. The highest BCUT2D eigenvalue weighted by Crippen LogP contribution is 2.19. The fourth-order valence-electron chi connectivity index (χ4n) is 2.18. The maximum atomic E-state index is 4.26. The Morgan fingerprint density at radius 3 is 3.00 bits per heavy atom. The molecule has 0 spiro atoms. The number of nitrogens with zero attached hydrogens (tertiary/aromatic N) is 4. The highest BCUT2D eigenvalue weighted by atomic mass is 32.1. The highest BCUT2D eigenvalue weighted by molar-refractivity contribution is 7.10. The van der Waals surface area contributed by atoms with Crippen molar-refractivity contribution >= 4 is 17.3 Å². The monoisotopic (exact) mass is 320 g/mol. The Balaban J connectivity index is 1.73. The number of aryl methyl sites for hydroxylation is 1. The summed E-state index contributed by atoms with van der Waals surface area (Å²) in [5, 5.41) is 16.8. The molecule has 0 aliphatic carbocycles. The van der Waals surface area contributed by atoms with Gasteiger partial charge in [0.2, 0.25) is 0 Å². The lowest BCUT2D eigenvalue weighted by Gasteiger charge is -2.15. The average molecular weight is 320 g/mol. The number of hydrogen-bond donors (Lipinski definition) is 2. The molecule has 0 saturated heterocycles. The third-order valence-electron chi connectivity index (χ3n) is 3.49. The topological polar surface area (TPSA) is 67.1 Å². The Morgan fingerprint density at radius 2 is 2.32 bits per heavy atom. The molecule has 0 amide bonds. The lowest BCUT2D eigenvalue weighted by atomic mass is 10.1. The molecule has 2 N–H and O–H groups in total. The lowest BCUT2D eigenvalue weighted by molar-refractivity contribution is 0.627. The molecule has 0 bridgehead atoms. The molecule has 2 rings (SSSR count). The van der Waals surface area contributed by atoms with E-state index < -0.39 is 0 Å². The number of hydrogen-bond acceptors (Lipinski definition) is 4. The molecular formula is C15H24N6S. The highest BCUT2D eigenvalue weighted by Gasteiger charge is 2.07. The van der Waals surface area contributed by atoms with E-state index in [1.165, 1.54) is 4.88 Å². The summed E-state index contributed by atoms with van der Waals surface area (Å²) in [5.41, 5.74) is 0. The summed E-state index contributed by atoms with van der Waals surface area (Å²) < 4.78 is 2.06. The lowest BCUT2D eigenvalue weighted by Crippen LogP contribution is -2.40. The molecule has 2 aromatic heterocycles. The fourth-order valence-corrected chi connectivity index (χ4v) is 2.96. The van der Waals surface area contributed by atoms with Crippen LogP contribution in [0.2, 0.25) is 0 Å². The number of aliphatic imine (C=N–C) groups is 1. The van der Waals surface area contributed by atoms with Gasteiger partial charge >= 0.3 is 0 Å². The first-order valence-corrected chi connectivity index (χ1v) is 8.47. The molecule has 0 radical (unpaired) electrons. The molecule has 1 unspecified atom stereocenters. The third-order valence-corrected chi connectivity index (χ3v) is 4.59. The van der Waals surface area contributed by atoms with Gasteiger partial charge in [0.15, 0.2) is 5.96 Å². The van der Waals surface area contributed by atoms with Crippen molar-refractivity contribution in [1.82, 2.24) is 25.4 Å². The molecule has 0 aliphatic rings. The molecular weight excluding hydrogens is 296 g/mol. The summed E-state index contributed by atoms with van der Waals surface area (Å²) >= 11 is 1.79. The minimum absolute atomic E-state index is 0.475. The smallest absolute Gasteiger partial charge is 0.191 e. The van der Waals surface area contributed by atoms with Crippen molar-refractivity contribution in [2.24, 2.45) is 4.99 Å². The molecule has 22 heavy (non-hydrogen) atoms. The van der Waals surface area contributed by atoms with Crippen LogP contribution in [-0.2, 0) is 13.0 Å². The van der Waals surface area contributed by atoms with Gasteiger partial charge in [-0.2, -0.15) is 0 Å². The zero-order chi connectivity index (χ0) is 15.8. The molecule has 120 valence electrons. The molecule has 6 nitrogen and oxygen atoms in total. The van der Waals surface area contributed by atoms with Gasteiger partial charge in [0.25, 0.3) is 0 Å². The van der Waals surface area contributed by atoms with Crippen LogP contribution in [0.5, 0.6) is 0 Å². The van der Waals surface area contributed by atoms with E-state index >= 15 is 0 Å². The minimum atomic E-state index is 0.475. The number of rotatable bonds is 7. The number of nitrogens with one attached hydrogen (secondary N) is 2. The van der Waals surface area contributed by atoms with E-state index in [9.17, 15) is 0 Å². The first-order chi connectivity index (χ1) is 10.7. The van der Waals surface area contributed by atoms with E-state index in [4.69, 9.17) is 0 Å². The summed E-state index contributed by atoms with van der Waals surface area (Å²) in [4.78, 5) is 5.65. The quantitative estimate of drug-likeness (QED) is 0.604. The second-order valence-corrected chi connectivity index (χ2v) is 6.07. The van der Waals surface area contributed by atoms with Gasteiger partial charge in [-0.25, -0.2) is 0 Å². The summed E-state index contributed by atoms with van der Waals surface area (Å²) in [7, 11) is 1.79. The van der Waals surface area contributed by atoms with Crippen LogP contribution in [0, 0.1) is 0 Å². The van der Waals surface area contributed by atoms with Gasteiger partial charge in [-0.3, -0.25) is 4.99 Å². The van der Waals surface area contributed by atoms with Crippen molar-refractivity contribution in [2.45, 2.75) is 32.7 Å². The first-order valence-electron chi connectivity index (χ1n) is 7.59. The van der Waals surface area contributed by atoms with Crippen molar-refractivity contribution in [1.29, 1.82) is 0 Å². The van der Waals surface area contributed by atoms with Crippen molar-refractivity contribution in [3.05, 3.63) is 34.5 Å². The second-order valence-electron chi connectivity index (χ2n) is 5.09. The van der Waals surface area contributed by atoms with E-state index in [1.807, 2.05) is 0 Å². The maximum Gasteiger partial charge on any atom is 0.191 e. The zero-order valence-electron chi connectivity index (χ0n) is 13.4. The van der Waals surface area contributed by atoms with Crippen LogP contribution in [0.25, 0.3) is 0 Å². The Morgan fingerprint density at radius 1 is 1.45 bits per heavy atom. The van der Waals surface area contributed by atoms with Gasteiger partial charge in [-0.1, -0.05) is 19.9 Å². The van der Waals surface area contributed by atoms with Gasteiger partial charge in [0.05, 0.1) is 0 Å². The van der Waals surface area contributed by atoms with Crippen molar-refractivity contribution in [2.75, 3.05) is 20.1 Å². The second kappa shape index (κ2) is 8.53. The molecule has 0 fully saturated rings. The van der Waals surface area contributed by atoms with Crippen LogP contribution in [0.3, 0.4) is 0 Å². The van der Waals surface area contributed by atoms with Crippen molar-refractivity contribution < 1.29 is 0 Å². The SMILES string of the molecule is CCc1nncn1CCNC(=NC)NCC(C)c1cccs1. The van der Waals surface area contributed by atoms with Crippen LogP contribution in [0.4, 0.5) is 0 Å².